The molecule has 0 saturated heterocycles. The average Bonchev–Trinajstić information content (AvgIpc) is 2.76. The van der Waals surface area contributed by atoms with E-state index in [1.54, 1.807) is 7.11 Å². The lowest BCUT2D eigenvalue weighted by atomic mass is 10.2. The third-order valence-electron chi connectivity index (χ3n) is 2.14. The van der Waals surface area contributed by atoms with Crippen LogP contribution in [0.15, 0.2) is 4.52 Å². The first-order valence-electron chi connectivity index (χ1n) is 5.42. The Morgan fingerprint density at radius 3 is 2.88 bits per heavy atom. The summed E-state index contributed by atoms with van der Waals surface area (Å²) in [6.07, 6.45) is 1.41. The van der Waals surface area contributed by atoms with Crippen LogP contribution in [0, 0.1) is 0 Å². The summed E-state index contributed by atoms with van der Waals surface area (Å²) >= 11 is 0. The van der Waals surface area contributed by atoms with E-state index in [0.717, 1.165) is 6.42 Å². The molecule has 0 unspecified atom stereocenters. The molecule has 6 nitrogen and oxygen atoms in total. The summed E-state index contributed by atoms with van der Waals surface area (Å²) in [6.45, 7) is 3.71. The molecule has 1 heterocycles. The fraction of sp³-hybridized carbons (Fsp3) is 0.800. The fourth-order valence-electron chi connectivity index (χ4n) is 1.10. The molecule has 0 aromatic carbocycles. The van der Waals surface area contributed by atoms with E-state index < -0.39 is 0 Å². The van der Waals surface area contributed by atoms with Gasteiger partial charge in [0.2, 0.25) is 5.89 Å². The summed E-state index contributed by atoms with van der Waals surface area (Å²) in [6, 6.07) is -0.171. The van der Waals surface area contributed by atoms with Gasteiger partial charge in [-0.1, -0.05) is 12.1 Å². The molecule has 0 aliphatic carbocycles. The predicted molar refractivity (Wildman–Crippen MR) is 57.9 cm³/mol. The Morgan fingerprint density at radius 2 is 2.19 bits per heavy atom. The van der Waals surface area contributed by atoms with Crippen LogP contribution in [0.1, 0.15) is 31.1 Å². The van der Waals surface area contributed by atoms with Gasteiger partial charge in [0.25, 0.3) is 0 Å². The van der Waals surface area contributed by atoms with E-state index in [9.17, 15) is 0 Å². The Hall–Kier alpha value is -0.980. The van der Waals surface area contributed by atoms with Crippen molar-refractivity contribution in [1.29, 1.82) is 0 Å². The largest absolute Gasteiger partial charge is 0.382 e. The Morgan fingerprint density at radius 1 is 1.38 bits per heavy atom. The summed E-state index contributed by atoms with van der Waals surface area (Å²) in [5.74, 6) is 1.13. The van der Waals surface area contributed by atoms with Crippen molar-refractivity contribution in [2.45, 2.75) is 25.8 Å². The number of rotatable bonds is 8. The molecule has 1 atom stereocenters. The van der Waals surface area contributed by atoms with Crippen LogP contribution in [0.5, 0.6) is 0 Å². The SMILES string of the molecule is CC[C@@H](N)c1nc(CCOCCOC)no1. The van der Waals surface area contributed by atoms with Gasteiger partial charge in [0.1, 0.15) is 0 Å². The highest BCUT2D eigenvalue weighted by atomic mass is 16.5. The molecule has 0 bridgehead atoms. The smallest absolute Gasteiger partial charge is 0.243 e. The molecule has 6 heteroatoms. The first-order chi connectivity index (χ1) is 7.77. The molecular formula is C10H19N3O3. The van der Waals surface area contributed by atoms with Gasteiger partial charge in [-0.05, 0) is 6.42 Å². The molecule has 0 aliphatic rings. The van der Waals surface area contributed by atoms with Crippen LogP contribution in [0.25, 0.3) is 0 Å². The maximum atomic E-state index is 5.76. The van der Waals surface area contributed by atoms with Crippen LogP contribution < -0.4 is 5.73 Å². The van der Waals surface area contributed by atoms with Crippen LogP contribution in [-0.2, 0) is 15.9 Å². The van der Waals surface area contributed by atoms with Gasteiger partial charge < -0.3 is 19.7 Å². The number of methoxy groups -OCH3 is 1. The van der Waals surface area contributed by atoms with E-state index in [2.05, 4.69) is 10.1 Å². The number of nitrogens with zero attached hydrogens (tertiary/aromatic N) is 2. The Kier molecular flexibility index (Phi) is 5.99. The number of ether oxygens (including phenoxy) is 2. The van der Waals surface area contributed by atoms with E-state index in [1.165, 1.54) is 0 Å². The highest BCUT2D eigenvalue weighted by Gasteiger charge is 2.12. The van der Waals surface area contributed by atoms with Gasteiger partial charge in [0.05, 0.1) is 25.9 Å². The molecule has 2 N–H and O–H groups in total. The molecule has 1 rings (SSSR count). The average molecular weight is 229 g/mol. The van der Waals surface area contributed by atoms with Crippen molar-refractivity contribution in [3.63, 3.8) is 0 Å². The zero-order valence-corrected chi connectivity index (χ0v) is 9.81. The second kappa shape index (κ2) is 7.32. The molecule has 0 aliphatic heterocycles. The number of hydrogen-bond acceptors (Lipinski definition) is 6. The van der Waals surface area contributed by atoms with Crippen molar-refractivity contribution < 1.29 is 14.0 Å². The lowest BCUT2D eigenvalue weighted by Crippen LogP contribution is -2.09. The van der Waals surface area contributed by atoms with E-state index in [1.807, 2.05) is 6.92 Å². The van der Waals surface area contributed by atoms with Gasteiger partial charge in [0.15, 0.2) is 5.82 Å². The van der Waals surface area contributed by atoms with Gasteiger partial charge in [-0.25, -0.2) is 0 Å². The second-order valence-corrected chi connectivity index (χ2v) is 3.42. The minimum Gasteiger partial charge on any atom is -0.382 e. The van der Waals surface area contributed by atoms with Crippen molar-refractivity contribution in [3.05, 3.63) is 11.7 Å². The molecule has 1 aromatic rings. The molecule has 0 radical (unpaired) electrons. The molecule has 1 aromatic heterocycles. The Bertz CT molecular complexity index is 291. The summed E-state index contributed by atoms with van der Waals surface area (Å²) in [5, 5.41) is 3.83. The standard InChI is InChI=1S/C10H19N3O3/c1-3-8(11)10-12-9(13-16-10)4-5-15-7-6-14-2/h8H,3-7,11H2,1-2H3/t8-/m1/s1. The molecular weight excluding hydrogens is 210 g/mol. The van der Waals surface area contributed by atoms with Crippen molar-refractivity contribution in [3.8, 4) is 0 Å². The molecule has 0 saturated carbocycles. The van der Waals surface area contributed by atoms with Crippen molar-refractivity contribution in [2.75, 3.05) is 26.9 Å². The molecule has 0 fully saturated rings. The zero-order valence-electron chi connectivity index (χ0n) is 9.81. The first-order valence-corrected chi connectivity index (χ1v) is 5.42. The zero-order chi connectivity index (χ0) is 11.8. The molecule has 0 amide bonds. The Labute approximate surface area is 95.1 Å². The molecule has 92 valence electrons. The van der Waals surface area contributed by atoms with E-state index in [4.69, 9.17) is 19.7 Å². The lowest BCUT2D eigenvalue weighted by Gasteiger charge is -2.00. The highest BCUT2D eigenvalue weighted by Crippen LogP contribution is 2.10. The Balaban J connectivity index is 2.24. The van der Waals surface area contributed by atoms with Crippen LogP contribution >= 0.6 is 0 Å². The van der Waals surface area contributed by atoms with E-state index >= 15 is 0 Å². The number of aromatic nitrogens is 2. The van der Waals surface area contributed by atoms with E-state index in [-0.39, 0.29) is 6.04 Å². The number of hydrogen-bond donors (Lipinski definition) is 1. The second-order valence-electron chi connectivity index (χ2n) is 3.42. The van der Waals surface area contributed by atoms with Crippen molar-refractivity contribution >= 4 is 0 Å². The molecule has 16 heavy (non-hydrogen) atoms. The lowest BCUT2D eigenvalue weighted by molar-refractivity contribution is 0.0714. The molecule has 0 spiro atoms. The monoisotopic (exact) mass is 229 g/mol. The van der Waals surface area contributed by atoms with Crippen LogP contribution in [-0.4, -0.2) is 37.1 Å². The fourth-order valence-corrected chi connectivity index (χ4v) is 1.10. The van der Waals surface area contributed by atoms with Crippen LogP contribution in [0.4, 0.5) is 0 Å². The predicted octanol–water partition coefficient (Wildman–Crippen LogP) is 0.685. The third kappa shape index (κ3) is 4.26. The third-order valence-corrected chi connectivity index (χ3v) is 2.14. The van der Waals surface area contributed by atoms with Gasteiger partial charge in [-0.2, -0.15) is 4.98 Å². The van der Waals surface area contributed by atoms with Gasteiger partial charge in [-0.15, -0.1) is 0 Å². The van der Waals surface area contributed by atoms with Crippen LogP contribution in [0.2, 0.25) is 0 Å². The summed E-state index contributed by atoms with van der Waals surface area (Å²) < 4.78 is 15.2. The van der Waals surface area contributed by atoms with Crippen molar-refractivity contribution in [2.24, 2.45) is 5.73 Å². The highest BCUT2D eigenvalue weighted by molar-refractivity contribution is 4.91. The topological polar surface area (TPSA) is 83.4 Å². The first kappa shape index (κ1) is 13.1. The minimum atomic E-state index is -0.171. The van der Waals surface area contributed by atoms with Gasteiger partial charge in [0, 0.05) is 13.5 Å². The van der Waals surface area contributed by atoms with Crippen molar-refractivity contribution in [1.82, 2.24) is 10.1 Å². The minimum absolute atomic E-state index is 0.171. The summed E-state index contributed by atoms with van der Waals surface area (Å²) in [5.41, 5.74) is 5.76. The quantitative estimate of drug-likeness (QED) is 0.660. The summed E-state index contributed by atoms with van der Waals surface area (Å²) in [4.78, 5) is 4.18. The van der Waals surface area contributed by atoms with Gasteiger partial charge in [-0.3, -0.25) is 0 Å². The van der Waals surface area contributed by atoms with Gasteiger partial charge >= 0.3 is 0 Å². The van der Waals surface area contributed by atoms with Crippen LogP contribution in [0.3, 0.4) is 0 Å². The summed E-state index contributed by atoms with van der Waals surface area (Å²) in [7, 11) is 1.64. The van der Waals surface area contributed by atoms with E-state index in [0.29, 0.717) is 38.0 Å². The normalized spacial score (nSPS) is 12.9. The maximum Gasteiger partial charge on any atom is 0.243 e. The number of nitrogens with two attached hydrogens (primary N) is 1. The maximum absolute atomic E-state index is 5.76.